The first-order valence-electron chi connectivity index (χ1n) is 14.2. The minimum Gasteiger partial charge on any atom is -0.462 e. The van der Waals surface area contributed by atoms with Crippen molar-refractivity contribution in [2.45, 2.75) is 20.0 Å². The van der Waals surface area contributed by atoms with Crippen LogP contribution in [-0.4, -0.2) is 155 Å². The monoisotopic (exact) mass is 667 g/mol. The van der Waals surface area contributed by atoms with Crippen LogP contribution in [0.5, 0.6) is 0 Å². The molecule has 0 radical (unpaired) electrons. The van der Waals surface area contributed by atoms with E-state index >= 15 is 0 Å². The summed E-state index contributed by atoms with van der Waals surface area (Å²) in [6.45, 7) is 5.32. The maximum absolute atomic E-state index is 11.9. The second-order valence-electron chi connectivity index (χ2n) is 8.97. The summed E-state index contributed by atoms with van der Waals surface area (Å²) in [5.74, 6) is -2.64. The average Bonchev–Trinajstić information content (AvgIpc) is 3.00. The minimum atomic E-state index is -0.897. The van der Waals surface area contributed by atoms with Gasteiger partial charge >= 0.3 is 30.0 Å². The number of esters is 4. The Kier molecular flexibility index (Phi) is 26.5. The molecule has 1 amide bonds. The van der Waals surface area contributed by atoms with Gasteiger partial charge < -0.3 is 57.4 Å². The van der Waals surface area contributed by atoms with E-state index in [-0.39, 0.29) is 110 Å². The second-order valence-corrected chi connectivity index (χ2v) is 8.97. The van der Waals surface area contributed by atoms with Gasteiger partial charge in [0.2, 0.25) is 0 Å². The van der Waals surface area contributed by atoms with Crippen LogP contribution in [0, 0.1) is 0 Å². The number of hydrogen-bond donors (Lipinski definition) is 1. The zero-order valence-corrected chi connectivity index (χ0v) is 26.5. The van der Waals surface area contributed by atoms with Gasteiger partial charge in [0, 0.05) is 12.7 Å². The van der Waals surface area contributed by atoms with Crippen LogP contribution in [0.3, 0.4) is 0 Å². The Labute approximate surface area is 267 Å². The molecule has 18 heteroatoms. The molecule has 1 N–H and O–H groups in total. The highest BCUT2D eigenvalue weighted by molar-refractivity contribution is 5.86. The van der Waals surface area contributed by atoms with Crippen LogP contribution in [0.15, 0.2) is 12.2 Å². The number of alkyl carbamates (subject to hydrolysis) is 1. The van der Waals surface area contributed by atoms with Gasteiger partial charge in [0.1, 0.15) is 52.9 Å². The van der Waals surface area contributed by atoms with Crippen molar-refractivity contribution in [3.8, 4) is 0 Å². The van der Waals surface area contributed by atoms with E-state index in [4.69, 9.17) is 52.1 Å². The van der Waals surface area contributed by atoms with Crippen LogP contribution in [0.4, 0.5) is 4.79 Å². The number of ether oxygens (including phenoxy) is 11. The summed E-state index contributed by atoms with van der Waals surface area (Å²) < 4.78 is 55.2. The number of nitrogens with one attached hydrogen (secondary N) is 1. The minimum absolute atomic E-state index is 0.000999. The normalized spacial score (nSPS) is 11.2. The van der Waals surface area contributed by atoms with Crippen molar-refractivity contribution < 1.29 is 80.9 Å². The first kappa shape index (κ1) is 42.3. The Bertz CT molecular complexity index is 926. The highest BCUT2D eigenvalue weighted by Crippen LogP contribution is 1.98. The summed E-state index contributed by atoms with van der Waals surface area (Å²) in [7, 11) is 1.38. The van der Waals surface area contributed by atoms with Crippen molar-refractivity contribution in [3.63, 3.8) is 0 Å². The average molecular weight is 668 g/mol. The third kappa shape index (κ3) is 27.8. The zero-order valence-electron chi connectivity index (χ0n) is 26.5. The lowest BCUT2D eigenvalue weighted by atomic mass is 10.4. The molecule has 0 aromatic heterocycles. The Morgan fingerprint density at radius 3 is 1.54 bits per heavy atom. The fourth-order valence-corrected chi connectivity index (χ4v) is 2.68. The lowest BCUT2D eigenvalue weighted by Crippen LogP contribution is -2.36. The fraction of sp³-hybridized carbons (Fsp3) is 0.714. The molecule has 0 saturated heterocycles. The van der Waals surface area contributed by atoms with Crippen LogP contribution in [-0.2, 0) is 76.1 Å². The summed E-state index contributed by atoms with van der Waals surface area (Å²) >= 11 is 0. The third-order valence-corrected chi connectivity index (χ3v) is 4.70. The molecule has 264 valence electrons. The first-order chi connectivity index (χ1) is 22.0. The molecular weight excluding hydrogens is 622 g/mol. The van der Waals surface area contributed by atoms with Crippen LogP contribution in [0.1, 0.15) is 13.8 Å². The number of Topliss-reactive ketones (excluding diaryl/α,β-unsaturated/α-hetero) is 1. The van der Waals surface area contributed by atoms with E-state index in [1.165, 1.54) is 21.0 Å². The van der Waals surface area contributed by atoms with Crippen molar-refractivity contribution in [2.24, 2.45) is 0 Å². The molecule has 0 fully saturated rings. The topological polar surface area (TPSA) is 216 Å². The van der Waals surface area contributed by atoms with Gasteiger partial charge in [-0.05, 0) is 13.8 Å². The second kappa shape index (κ2) is 28.8. The van der Waals surface area contributed by atoms with Gasteiger partial charge in [-0.15, -0.1) is 0 Å². The Balaban J connectivity index is 3.73. The van der Waals surface area contributed by atoms with E-state index in [1.54, 1.807) is 0 Å². The number of methoxy groups -OCH3 is 1. The molecule has 1 atom stereocenters. The molecule has 0 aliphatic heterocycles. The van der Waals surface area contributed by atoms with Gasteiger partial charge in [-0.3, -0.25) is 4.79 Å². The molecule has 0 aliphatic rings. The Morgan fingerprint density at radius 1 is 0.587 bits per heavy atom. The highest BCUT2D eigenvalue weighted by Gasteiger charge is 2.17. The summed E-state index contributed by atoms with van der Waals surface area (Å²) in [5, 5.41) is 2.38. The largest absolute Gasteiger partial charge is 0.462 e. The van der Waals surface area contributed by atoms with Crippen molar-refractivity contribution in [2.75, 3.05) is 113 Å². The highest BCUT2D eigenvalue weighted by atomic mass is 16.6. The van der Waals surface area contributed by atoms with Crippen molar-refractivity contribution >= 4 is 35.8 Å². The van der Waals surface area contributed by atoms with Crippen LogP contribution in [0.2, 0.25) is 0 Å². The summed E-state index contributed by atoms with van der Waals surface area (Å²) in [6, 6.07) is 0. The van der Waals surface area contributed by atoms with E-state index < -0.39 is 42.7 Å². The van der Waals surface area contributed by atoms with Crippen LogP contribution >= 0.6 is 0 Å². The maximum Gasteiger partial charge on any atom is 0.407 e. The van der Waals surface area contributed by atoms with E-state index in [0.717, 1.165) is 0 Å². The van der Waals surface area contributed by atoms with Gasteiger partial charge in [-0.1, -0.05) is 6.58 Å². The number of rotatable bonds is 29. The lowest BCUT2D eigenvalue weighted by molar-refractivity contribution is -0.156. The lowest BCUT2D eigenvalue weighted by Gasteiger charge is -2.17. The molecule has 0 spiro atoms. The number of carbonyl (C=O) groups is 6. The maximum atomic E-state index is 11.9. The quantitative estimate of drug-likeness (QED) is 0.0445. The standard InChI is InChI=1S/C28H45NO17/c1-21(2)27(34)44-6-5-29-28(35)46-23(16-36-4)17-45-26(33)20-41-10-9-40-19-25(32)43-14-12-37-11-13-42-24(31)18-39-8-7-38-15-22(3)30/h23H,1,5-20H2,2-4H3,(H,29,35). The number of amides is 1. The summed E-state index contributed by atoms with van der Waals surface area (Å²) in [5.41, 5.74) is 0.229. The molecule has 0 rings (SSSR count). The smallest absolute Gasteiger partial charge is 0.407 e. The zero-order chi connectivity index (χ0) is 34.4. The molecule has 0 heterocycles. The van der Waals surface area contributed by atoms with E-state index in [9.17, 15) is 28.8 Å². The molecule has 0 aliphatic carbocycles. The SMILES string of the molecule is C=C(C)C(=O)OCCNC(=O)OC(COC)COC(=O)COCCOCC(=O)OCCOCCOC(=O)COCCOCC(C)=O. The van der Waals surface area contributed by atoms with E-state index in [0.29, 0.717) is 0 Å². The van der Waals surface area contributed by atoms with Gasteiger partial charge in [-0.25, -0.2) is 24.0 Å². The molecule has 0 aromatic carbocycles. The van der Waals surface area contributed by atoms with Crippen molar-refractivity contribution in [3.05, 3.63) is 12.2 Å². The molecule has 46 heavy (non-hydrogen) atoms. The fourth-order valence-electron chi connectivity index (χ4n) is 2.68. The van der Waals surface area contributed by atoms with Crippen LogP contribution < -0.4 is 5.32 Å². The van der Waals surface area contributed by atoms with Gasteiger partial charge in [0.15, 0.2) is 11.9 Å². The first-order valence-corrected chi connectivity index (χ1v) is 14.2. The summed E-state index contributed by atoms with van der Waals surface area (Å²) in [4.78, 5) is 68.9. The molecule has 0 aromatic rings. The van der Waals surface area contributed by atoms with Crippen LogP contribution in [0.25, 0.3) is 0 Å². The molecule has 18 nitrogen and oxygen atoms in total. The molecule has 0 bridgehead atoms. The Morgan fingerprint density at radius 2 is 1.07 bits per heavy atom. The third-order valence-electron chi connectivity index (χ3n) is 4.70. The van der Waals surface area contributed by atoms with Crippen molar-refractivity contribution in [1.82, 2.24) is 5.32 Å². The molecule has 1 unspecified atom stereocenters. The Hall–Kier alpha value is -3.68. The molecular formula is C28H45NO17. The van der Waals surface area contributed by atoms with Crippen molar-refractivity contribution in [1.29, 1.82) is 0 Å². The summed E-state index contributed by atoms with van der Waals surface area (Å²) in [6.07, 6.45) is -1.72. The molecule has 0 saturated carbocycles. The van der Waals surface area contributed by atoms with E-state index in [2.05, 4.69) is 11.9 Å². The van der Waals surface area contributed by atoms with Gasteiger partial charge in [0.25, 0.3) is 0 Å². The number of hydrogen-bond acceptors (Lipinski definition) is 17. The number of ketones is 1. The predicted molar refractivity (Wildman–Crippen MR) is 154 cm³/mol. The van der Waals surface area contributed by atoms with E-state index in [1.807, 2.05) is 0 Å². The van der Waals surface area contributed by atoms with Gasteiger partial charge in [0.05, 0.1) is 52.8 Å². The predicted octanol–water partition coefficient (Wildman–Crippen LogP) is -0.851. The number of carbonyl (C=O) groups excluding carboxylic acids is 6. The van der Waals surface area contributed by atoms with Gasteiger partial charge in [-0.2, -0.15) is 0 Å².